The molecule has 0 spiro atoms. The SMILES string of the molecule is C=COCCOC(=S)C(=C)C. The lowest BCUT2D eigenvalue weighted by Crippen LogP contribution is -2.07. The minimum absolute atomic E-state index is 0.442. The Hall–Kier alpha value is -0.830. The van der Waals surface area contributed by atoms with Crippen LogP contribution in [0.2, 0.25) is 0 Å². The highest BCUT2D eigenvalue weighted by molar-refractivity contribution is 7.80. The van der Waals surface area contributed by atoms with Crippen LogP contribution in [0, 0.1) is 0 Å². The fraction of sp³-hybridized carbons (Fsp3) is 0.375. The Kier molecular flexibility index (Phi) is 5.47. The third-order valence-electron chi connectivity index (χ3n) is 0.901. The van der Waals surface area contributed by atoms with Crippen molar-refractivity contribution in [1.29, 1.82) is 0 Å². The summed E-state index contributed by atoms with van der Waals surface area (Å²) in [7, 11) is 0. The van der Waals surface area contributed by atoms with E-state index >= 15 is 0 Å². The van der Waals surface area contributed by atoms with Crippen molar-refractivity contribution in [2.45, 2.75) is 6.92 Å². The summed E-state index contributed by atoms with van der Waals surface area (Å²) in [5.41, 5.74) is 0.763. The van der Waals surface area contributed by atoms with Crippen LogP contribution in [0.3, 0.4) is 0 Å². The zero-order valence-corrected chi connectivity index (χ0v) is 7.45. The molecular weight excluding hydrogens is 160 g/mol. The first-order valence-corrected chi connectivity index (χ1v) is 3.64. The van der Waals surface area contributed by atoms with Crippen LogP contribution in [0.1, 0.15) is 6.92 Å². The van der Waals surface area contributed by atoms with Crippen molar-refractivity contribution in [2.75, 3.05) is 13.2 Å². The minimum atomic E-state index is 0.442. The molecule has 0 aliphatic carbocycles. The first-order valence-electron chi connectivity index (χ1n) is 3.23. The normalized spacial score (nSPS) is 8.45. The van der Waals surface area contributed by atoms with Gasteiger partial charge in [-0.05, 0) is 24.7 Å². The van der Waals surface area contributed by atoms with E-state index in [4.69, 9.17) is 21.7 Å². The van der Waals surface area contributed by atoms with Crippen LogP contribution in [0.5, 0.6) is 0 Å². The second kappa shape index (κ2) is 5.92. The second-order valence-electron chi connectivity index (χ2n) is 1.95. The number of hydrogen-bond acceptors (Lipinski definition) is 3. The van der Waals surface area contributed by atoms with Crippen LogP contribution in [-0.4, -0.2) is 18.3 Å². The topological polar surface area (TPSA) is 18.5 Å². The summed E-state index contributed by atoms with van der Waals surface area (Å²) >= 11 is 4.82. The Balaban J connectivity index is 3.31. The Labute approximate surface area is 72.5 Å². The van der Waals surface area contributed by atoms with E-state index in [-0.39, 0.29) is 0 Å². The van der Waals surface area contributed by atoms with Crippen LogP contribution >= 0.6 is 12.2 Å². The molecule has 62 valence electrons. The van der Waals surface area contributed by atoms with Crippen LogP contribution in [0.15, 0.2) is 25.0 Å². The third-order valence-corrected chi connectivity index (χ3v) is 1.37. The highest BCUT2D eigenvalue weighted by Gasteiger charge is 1.95. The molecule has 0 atom stereocenters. The number of rotatable bonds is 5. The van der Waals surface area contributed by atoms with Gasteiger partial charge in [0, 0.05) is 0 Å². The summed E-state index contributed by atoms with van der Waals surface area (Å²) in [6, 6.07) is 0. The lowest BCUT2D eigenvalue weighted by Gasteiger charge is -2.05. The minimum Gasteiger partial charge on any atom is -0.498 e. The first-order chi connectivity index (χ1) is 5.18. The maximum absolute atomic E-state index is 5.06. The Morgan fingerprint density at radius 2 is 2.18 bits per heavy atom. The molecule has 0 saturated heterocycles. The van der Waals surface area contributed by atoms with Crippen LogP contribution in [-0.2, 0) is 9.47 Å². The van der Waals surface area contributed by atoms with E-state index in [0.717, 1.165) is 5.57 Å². The van der Waals surface area contributed by atoms with E-state index in [0.29, 0.717) is 18.3 Å². The Bertz CT molecular complexity index is 163. The van der Waals surface area contributed by atoms with Crippen molar-refractivity contribution in [3.05, 3.63) is 25.0 Å². The van der Waals surface area contributed by atoms with E-state index in [1.807, 2.05) is 0 Å². The van der Waals surface area contributed by atoms with Gasteiger partial charge in [0.1, 0.15) is 13.2 Å². The van der Waals surface area contributed by atoms with Gasteiger partial charge in [0.25, 0.3) is 0 Å². The van der Waals surface area contributed by atoms with Gasteiger partial charge in [0.05, 0.1) is 6.26 Å². The average Bonchev–Trinajstić information content (AvgIpc) is 1.97. The molecule has 0 aliphatic rings. The zero-order chi connectivity index (χ0) is 8.69. The van der Waals surface area contributed by atoms with Crippen molar-refractivity contribution in [3.63, 3.8) is 0 Å². The molecule has 0 rings (SSSR count). The zero-order valence-electron chi connectivity index (χ0n) is 6.63. The van der Waals surface area contributed by atoms with Gasteiger partial charge in [-0.1, -0.05) is 13.2 Å². The lowest BCUT2D eigenvalue weighted by molar-refractivity contribution is 0.176. The highest BCUT2D eigenvalue weighted by atomic mass is 32.1. The third kappa shape index (κ3) is 5.61. The molecule has 0 aliphatic heterocycles. The number of ether oxygens (including phenoxy) is 2. The van der Waals surface area contributed by atoms with Gasteiger partial charge in [-0.25, -0.2) is 0 Å². The quantitative estimate of drug-likeness (QED) is 0.274. The largest absolute Gasteiger partial charge is 0.498 e. The summed E-state index contributed by atoms with van der Waals surface area (Å²) in [5, 5.41) is 0.442. The lowest BCUT2D eigenvalue weighted by atomic mass is 10.4. The summed E-state index contributed by atoms with van der Waals surface area (Å²) < 4.78 is 9.88. The van der Waals surface area contributed by atoms with E-state index in [9.17, 15) is 0 Å². The van der Waals surface area contributed by atoms with Crippen molar-refractivity contribution < 1.29 is 9.47 Å². The molecule has 0 aromatic rings. The fourth-order valence-electron chi connectivity index (χ4n) is 0.389. The highest BCUT2D eigenvalue weighted by Crippen LogP contribution is 1.94. The molecule has 0 aromatic carbocycles. The molecule has 0 saturated carbocycles. The molecule has 0 radical (unpaired) electrons. The van der Waals surface area contributed by atoms with Crippen LogP contribution in [0.4, 0.5) is 0 Å². The van der Waals surface area contributed by atoms with E-state index < -0.39 is 0 Å². The first kappa shape index (κ1) is 10.2. The Morgan fingerprint density at radius 3 is 2.64 bits per heavy atom. The molecule has 0 unspecified atom stereocenters. The van der Waals surface area contributed by atoms with Gasteiger partial charge < -0.3 is 9.47 Å². The summed E-state index contributed by atoms with van der Waals surface area (Å²) in [6.45, 7) is 9.72. The predicted molar refractivity (Wildman–Crippen MR) is 49.5 cm³/mol. The van der Waals surface area contributed by atoms with Crippen molar-refractivity contribution >= 4 is 17.3 Å². The van der Waals surface area contributed by atoms with Crippen LogP contribution in [0.25, 0.3) is 0 Å². The summed E-state index contributed by atoms with van der Waals surface area (Å²) in [6.07, 6.45) is 1.37. The predicted octanol–water partition coefficient (Wildman–Crippen LogP) is 2.07. The molecule has 0 fully saturated rings. The van der Waals surface area contributed by atoms with Gasteiger partial charge in [0.2, 0.25) is 0 Å². The Morgan fingerprint density at radius 1 is 1.55 bits per heavy atom. The molecule has 0 N–H and O–H groups in total. The van der Waals surface area contributed by atoms with Crippen molar-refractivity contribution in [1.82, 2.24) is 0 Å². The average molecular weight is 172 g/mol. The van der Waals surface area contributed by atoms with E-state index in [2.05, 4.69) is 13.2 Å². The monoisotopic (exact) mass is 172 g/mol. The summed E-state index contributed by atoms with van der Waals surface area (Å²) in [5.74, 6) is 0. The van der Waals surface area contributed by atoms with Gasteiger partial charge in [0.15, 0.2) is 5.05 Å². The van der Waals surface area contributed by atoms with E-state index in [1.54, 1.807) is 6.92 Å². The number of hydrogen-bond donors (Lipinski definition) is 0. The van der Waals surface area contributed by atoms with Crippen molar-refractivity contribution in [3.8, 4) is 0 Å². The molecular formula is C8H12O2S. The molecule has 0 aromatic heterocycles. The van der Waals surface area contributed by atoms with Gasteiger partial charge in [-0.15, -0.1) is 0 Å². The van der Waals surface area contributed by atoms with Gasteiger partial charge in [-0.2, -0.15) is 0 Å². The molecule has 2 nitrogen and oxygen atoms in total. The summed E-state index contributed by atoms with van der Waals surface area (Å²) in [4.78, 5) is 0. The second-order valence-corrected chi connectivity index (χ2v) is 2.32. The molecule has 0 heterocycles. The molecule has 0 amide bonds. The molecule has 11 heavy (non-hydrogen) atoms. The van der Waals surface area contributed by atoms with Gasteiger partial charge in [-0.3, -0.25) is 0 Å². The van der Waals surface area contributed by atoms with E-state index in [1.165, 1.54) is 6.26 Å². The molecule has 0 bridgehead atoms. The maximum atomic E-state index is 5.06. The number of thiocarbonyl (C=S) groups is 1. The smallest absolute Gasteiger partial charge is 0.186 e. The molecule has 3 heteroatoms. The van der Waals surface area contributed by atoms with Gasteiger partial charge >= 0.3 is 0 Å². The van der Waals surface area contributed by atoms with Crippen molar-refractivity contribution in [2.24, 2.45) is 0 Å². The maximum Gasteiger partial charge on any atom is 0.186 e. The van der Waals surface area contributed by atoms with Crippen LogP contribution < -0.4 is 0 Å². The fourth-order valence-corrected chi connectivity index (χ4v) is 0.472. The standard InChI is InChI=1S/C8H12O2S/c1-4-9-5-6-10-8(11)7(2)3/h4H,1-2,5-6H2,3H3.